The Kier molecular flexibility index (Phi) is 8.37. The molecule has 2 amide bonds. The number of hydrogen-bond acceptors (Lipinski definition) is 9. The molecule has 2 aliphatic rings. The van der Waals surface area contributed by atoms with Crippen LogP contribution in [0.5, 0.6) is 0 Å². The third kappa shape index (κ3) is 6.13. The van der Waals surface area contributed by atoms with Crippen molar-refractivity contribution in [2.24, 2.45) is 0 Å². The van der Waals surface area contributed by atoms with Gasteiger partial charge < -0.3 is 20.4 Å². The summed E-state index contributed by atoms with van der Waals surface area (Å²) in [4.78, 5) is 40.0. The van der Waals surface area contributed by atoms with Gasteiger partial charge in [0.05, 0.1) is 47.4 Å². The minimum absolute atomic E-state index is 0.00225. The number of fused-ring (bicyclic) bond motifs is 2. The largest absolute Gasteiger partial charge is 0.376 e. The highest BCUT2D eigenvalue weighted by molar-refractivity contribution is 5.97. The van der Waals surface area contributed by atoms with Gasteiger partial charge in [0.2, 0.25) is 11.9 Å². The lowest BCUT2D eigenvalue weighted by Gasteiger charge is -2.35. The Hall–Kier alpha value is -6.11. The highest BCUT2D eigenvalue weighted by atomic mass is 16.2. The average molecular weight is 668 g/mol. The maximum absolute atomic E-state index is 14.2. The van der Waals surface area contributed by atoms with Gasteiger partial charge in [0, 0.05) is 62.0 Å². The number of aryl methyl sites for hydroxylation is 1. The highest BCUT2D eigenvalue weighted by Gasteiger charge is 2.32. The zero-order chi connectivity index (χ0) is 34.0. The zero-order valence-corrected chi connectivity index (χ0v) is 27.8. The van der Waals surface area contributed by atoms with E-state index in [1.54, 1.807) is 11.7 Å². The molecule has 3 aromatic heterocycles. The Morgan fingerprint density at radius 2 is 1.66 bits per heavy atom. The number of likely N-dealkylation sites (N-methyl/N-ethyl adjacent to an activating group) is 1. The van der Waals surface area contributed by atoms with Crippen LogP contribution in [0.4, 0.5) is 11.6 Å². The molecule has 252 valence electrons. The van der Waals surface area contributed by atoms with E-state index in [1.807, 2.05) is 76.4 Å². The number of aromatic nitrogens is 7. The quantitative estimate of drug-likeness (QED) is 0.235. The van der Waals surface area contributed by atoms with Crippen molar-refractivity contribution in [2.45, 2.75) is 25.9 Å². The summed E-state index contributed by atoms with van der Waals surface area (Å²) >= 11 is 0. The fraction of sp³-hybridized carbons (Fsp3) is 0.270. The molecule has 13 nitrogen and oxygen atoms in total. The van der Waals surface area contributed by atoms with Gasteiger partial charge in [0.15, 0.2) is 0 Å². The lowest BCUT2D eigenvalue weighted by molar-refractivity contribution is -0.118. The molecule has 0 spiro atoms. The monoisotopic (exact) mass is 667 g/mol. The first-order valence-electron chi connectivity index (χ1n) is 16.9. The molecule has 50 heavy (non-hydrogen) atoms. The molecule has 6 aromatic rings. The second-order valence-corrected chi connectivity index (χ2v) is 12.5. The topological polar surface area (TPSA) is 139 Å². The third-order valence-electron chi connectivity index (χ3n) is 9.36. The molecule has 0 unspecified atom stereocenters. The molecule has 13 heteroatoms. The van der Waals surface area contributed by atoms with Gasteiger partial charge in [-0.3, -0.25) is 14.3 Å². The molecule has 5 heterocycles. The first-order valence-corrected chi connectivity index (χ1v) is 16.9. The second-order valence-electron chi connectivity index (χ2n) is 12.5. The summed E-state index contributed by atoms with van der Waals surface area (Å²) in [6, 6.07) is 26.0. The predicted octanol–water partition coefficient (Wildman–Crippen LogP) is 3.87. The highest BCUT2D eigenvalue weighted by Crippen LogP contribution is 2.30. The number of amides is 2. The van der Waals surface area contributed by atoms with Crippen molar-refractivity contribution in [3.05, 3.63) is 102 Å². The first-order chi connectivity index (χ1) is 24.5. The molecule has 0 aliphatic carbocycles. The summed E-state index contributed by atoms with van der Waals surface area (Å²) in [5.41, 5.74) is 7.60. The van der Waals surface area contributed by atoms with E-state index in [0.29, 0.717) is 55.6 Å². The number of carbonyl (C=O) groups excluding carboxylic acids is 2. The Morgan fingerprint density at radius 3 is 2.50 bits per heavy atom. The van der Waals surface area contributed by atoms with Crippen molar-refractivity contribution in [3.63, 3.8) is 0 Å². The molecule has 1 saturated heterocycles. The molecule has 0 atom stereocenters. The van der Waals surface area contributed by atoms with Gasteiger partial charge in [-0.1, -0.05) is 65.9 Å². The van der Waals surface area contributed by atoms with Gasteiger partial charge in [0.1, 0.15) is 5.69 Å². The Balaban J connectivity index is 0.990. The van der Waals surface area contributed by atoms with E-state index in [4.69, 9.17) is 15.1 Å². The van der Waals surface area contributed by atoms with Crippen LogP contribution in [0.2, 0.25) is 0 Å². The van der Waals surface area contributed by atoms with E-state index >= 15 is 0 Å². The standard InChI is InChI=1S/C37H37N11O2/c1-38-33(49)22-39-27-12-7-11-26(21-27)30-23-47(44-42-30)24-31-34(32-15-8-16-48(32)43-31)36(50)45-17-19-46(20-18-45)37-40-29-14-6-5-13-28(29)35(41-37)25-9-3-2-4-10-25/h2-7,9-14,21,23,39H,8,15-20,22,24H2,1H3,(H,38,49). The van der Waals surface area contributed by atoms with E-state index in [2.05, 4.69) is 44.0 Å². The number of hydrogen-bond donors (Lipinski definition) is 2. The van der Waals surface area contributed by atoms with Gasteiger partial charge in [-0.15, -0.1) is 5.10 Å². The van der Waals surface area contributed by atoms with Crippen LogP contribution in [0.25, 0.3) is 33.4 Å². The zero-order valence-electron chi connectivity index (χ0n) is 27.8. The van der Waals surface area contributed by atoms with Crippen LogP contribution in [0, 0.1) is 0 Å². The van der Waals surface area contributed by atoms with Crippen LogP contribution < -0.4 is 15.5 Å². The number of carbonyl (C=O) groups is 2. The Labute approximate surface area is 288 Å². The molecule has 3 aromatic carbocycles. The number of rotatable bonds is 9. The number of anilines is 2. The van der Waals surface area contributed by atoms with Gasteiger partial charge in [-0.05, 0) is 31.0 Å². The minimum atomic E-state index is -0.100. The van der Waals surface area contributed by atoms with Gasteiger partial charge in [0.25, 0.3) is 5.91 Å². The number of para-hydroxylation sites is 1. The van der Waals surface area contributed by atoms with Crippen LogP contribution in [0.15, 0.2) is 85.1 Å². The summed E-state index contributed by atoms with van der Waals surface area (Å²) in [6.45, 7) is 3.66. The summed E-state index contributed by atoms with van der Waals surface area (Å²) in [5, 5.41) is 20.4. The van der Waals surface area contributed by atoms with E-state index in [0.717, 1.165) is 58.5 Å². The normalized spacial score (nSPS) is 14.2. The molecule has 0 radical (unpaired) electrons. The smallest absolute Gasteiger partial charge is 0.257 e. The summed E-state index contributed by atoms with van der Waals surface area (Å²) in [5.74, 6) is 0.580. The van der Waals surface area contributed by atoms with Crippen molar-refractivity contribution in [2.75, 3.05) is 50.0 Å². The maximum atomic E-state index is 14.2. The predicted molar refractivity (Wildman–Crippen MR) is 191 cm³/mol. The van der Waals surface area contributed by atoms with Crippen LogP contribution in [0.1, 0.15) is 28.2 Å². The molecule has 2 N–H and O–H groups in total. The van der Waals surface area contributed by atoms with E-state index in [1.165, 1.54) is 0 Å². The molecule has 1 fully saturated rings. The second kappa shape index (κ2) is 13.4. The molecule has 2 aliphatic heterocycles. The van der Waals surface area contributed by atoms with Crippen LogP contribution in [-0.2, 0) is 24.3 Å². The number of nitrogens with one attached hydrogen (secondary N) is 2. The average Bonchev–Trinajstić information content (AvgIpc) is 3.91. The van der Waals surface area contributed by atoms with E-state index in [-0.39, 0.29) is 18.4 Å². The molecular formula is C37H37N11O2. The molecule has 0 saturated carbocycles. The number of nitrogens with zero attached hydrogens (tertiary/aromatic N) is 9. The fourth-order valence-corrected chi connectivity index (χ4v) is 6.75. The van der Waals surface area contributed by atoms with Crippen molar-refractivity contribution in [3.8, 4) is 22.5 Å². The Morgan fingerprint density at radius 1 is 0.860 bits per heavy atom. The number of piperazine rings is 1. The maximum Gasteiger partial charge on any atom is 0.257 e. The SMILES string of the molecule is CNC(=O)CNc1cccc(-c2cn(Cc3nn4c(c3C(=O)N3CCN(c5nc(-c6ccccc6)c6ccccc6n5)CC3)CCC4)nn2)c1. The molecule has 8 rings (SSSR count). The summed E-state index contributed by atoms with van der Waals surface area (Å²) in [7, 11) is 1.61. The van der Waals surface area contributed by atoms with Crippen molar-refractivity contribution >= 4 is 34.4 Å². The van der Waals surface area contributed by atoms with Gasteiger partial charge in [-0.2, -0.15) is 5.10 Å². The van der Waals surface area contributed by atoms with Crippen molar-refractivity contribution in [1.82, 2.24) is 45.0 Å². The van der Waals surface area contributed by atoms with E-state index in [9.17, 15) is 9.59 Å². The van der Waals surface area contributed by atoms with Crippen molar-refractivity contribution < 1.29 is 9.59 Å². The van der Waals surface area contributed by atoms with Gasteiger partial charge in [-0.25, -0.2) is 14.6 Å². The van der Waals surface area contributed by atoms with Crippen LogP contribution in [-0.4, -0.2) is 91.2 Å². The lowest BCUT2D eigenvalue weighted by atomic mass is 10.1. The number of benzene rings is 3. The van der Waals surface area contributed by atoms with Gasteiger partial charge >= 0.3 is 0 Å². The summed E-state index contributed by atoms with van der Waals surface area (Å²) in [6.07, 6.45) is 3.65. The summed E-state index contributed by atoms with van der Waals surface area (Å²) < 4.78 is 3.71. The fourth-order valence-electron chi connectivity index (χ4n) is 6.75. The third-order valence-corrected chi connectivity index (χ3v) is 9.36. The lowest BCUT2D eigenvalue weighted by Crippen LogP contribution is -2.49. The Bertz CT molecular complexity index is 2180. The van der Waals surface area contributed by atoms with Crippen LogP contribution in [0.3, 0.4) is 0 Å². The van der Waals surface area contributed by atoms with E-state index < -0.39 is 0 Å². The first kappa shape index (κ1) is 31.2. The molecular weight excluding hydrogens is 630 g/mol. The molecule has 0 bridgehead atoms. The van der Waals surface area contributed by atoms with Crippen LogP contribution >= 0.6 is 0 Å². The minimum Gasteiger partial charge on any atom is -0.376 e. The van der Waals surface area contributed by atoms with Crippen molar-refractivity contribution in [1.29, 1.82) is 0 Å².